The van der Waals surface area contributed by atoms with Gasteiger partial charge >= 0.3 is 12.3 Å². The highest BCUT2D eigenvalue weighted by Crippen LogP contribution is 2.37. The molecule has 0 spiro atoms. The van der Waals surface area contributed by atoms with E-state index in [4.69, 9.17) is 10.5 Å². The second-order valence-corrected chi connectivity index (χ2v) is 9.62. The van der Waals surface area contributed by atoms with Gasteiger partial charge < -0.3 is 20.3 Å². The minimum Gasteiger partial charge on any atom is -0.411 e. The lowest BCUT2D eigenvalue weighted by atomic mass is 10.0. The molecule has 2 aliphatic rings. The lowest BCUT2D eigenvalue weighted by Gasteiger charge is -2.22. The van der Waals surface area contributed by atoms with E-state index in [0.717, 1.165) is 32.3 Å². The molecule has 8 nitrogen and oxygen atoms in total. The van der Waals surface area contributed by atoms with Crippen molar-refractivity contribution >= 4 is 12.0 Å². The van der Waals surface area contributed by atoms with Crippen LogP contribution >= 0.6 is 0 Å². The zero-order valence-electron chi connectivity index (χ0n) is 20.5. The average molecular weight is 527 g/mol. The van der Waals surface area contributed by atoms with Gasteiger partial charge in [-0.25, -0.2) is 9.48 Å². The zero-order valence-corrected chi connectivity index (χ0v) is 20.5. The van der Waals surface area contributed by atoms with Gasteiger partial charge in [0.25, 0.3) is 5.91 Å². The van der Waals surface area contributed by atoms with Crippen LogP contribution in [-0.2, 0) is 6.18 Å². The van der Waals surface area contributed by atoms with Gasteiger partial charge in [-0.15, -0.1) is 0 Å². The van der Waals surface area contributed by atoms with E-state index in [0.29, 0.717) is 17.8 Å². The summed E-state index contributed by atoms with van der Waals surface area (Å²) in [5, 5.41) is 3.88. The van der Waals surface area contributed by atoms with E-state index in [-0.39, 0.29) is 23.3 Å². The Kier molecular flexibility index (Phi) is 7.11. The highest BCUT2D eigenvalue weighted by atomic mass is 19.4. The van der Waals surface area contributed by atoms with Crippen molar-refractivity contribution in [1.82, 2.24) is 19.6 Å². The van der Waals surface area contributed by atoms with Gasteiger partial charge in [0.1, 0.15) is 5.75 Å². The largest absolute Gasteiger partial charge is 0.434 e. The van der Waals surface area contributed by atoms with Gasteiger partial charge in [-0.3, -0.25) is 4.79 Å². The molecule has 2 saturated heterocycles. The third-order valence-corrected chi connectivity index (χ3v) is 7.04. The van der Waals surface area contributed by atoms with Crippen LogP contribution in [0.4, 0.5) is 18.0 Å². The second kappa shape index (κ2) is 10.5. The van der Waals surface area contributed by atoms with Crippen LogP contribution in [0.1, 0.15) is 28.0 Å². The molecule has 1 radical (unpaired) electrons. The molecule has 2 fully saturated rings. The fourth-order valence-corrected chi connectivity index (χ4v) is 5.36. The van der Waals surface area contributed by atoms with Gasteiger partial charge in [-0.05, 0) is 61.1 Å². The monoisotopic (exact) mass is 526 g/mol. The van der Waals surface area contributed by atoms with E-state index >= 15 is 0 Å². The first-order chi connectivity index (χ1) is 18.2. The van der Waals surface area contributed by atoms with Gasteiger partial charge in [0.05, 0.1) is 17.4 Å². The average Bonchev–Trinajstić information content (AvgIpc) is 3.58. The molecule has 2 aromatic carbocycles. The number of aromatic nitrogens is 2. The van der Waals surface area contributed by atoms with Gasteiger partial charge in [-0.2, -0.15) is 18.3 Å². The summed E-state index contributed by atoms with van der Waals surface area (Å²) in [5.74, 6) is -0.125. The molecule has 2 amide bonds. The molecule has 11 heteroatoms. The highest BCUT2D eigenvalue weighted by Gasteiger charge is 2.45. The van der Waals surface area contributed by atoms with Crippen molar-refractivity contribution < 1.29 is 27.5 Å². The molecule has 5 rings (SSSR count). The number of carbonyl (C=O) groups excluding carboxylic acids is 2. The van der Waals surface area contributed by atoms with Crippen molar-refractivity contribution in [3.63, 3.8) is 0 Å². The fraction of sp³-hybridized carbons (Fsp3) is 0.333. The molecule has 3 heterocycles. The third kappa shape index (κ3) is 5.52. The minimum absolute atomic E-state index is 0.0643. The second-order valence-electron chi connectivity index (χ2n) is 9.62. The number of alkyl halides is 3. The van der Waals surface area contributed by atoms with E-state index in [1.807, 2.05) is 18.2 Å². The number of amides is 2. The predicted molar refractivity (Wildman–Crippen MR) is 133 cm³/mol. The molecule has 199 valence electrons. The highest BCUT2D eigenvalue weighted by molar-refractivity contribution is 5.95. The Labute approximate surface area is 217 Å². The first-order valence-corrected chi connectivity index (χ1v) is 12.3. The number of ether oxygens (including phenoxy) is 1. The molecule has 2 aliphatic heterocycles. The number of nitrogens with two attached hydrogens (primary N) is 1. The molecule has 0 aliphatic carbocycles. The quantitative estimate of drug-likeness (QED) is 0.503. The van der Waals surface area contributed by atoms with Crippen LogP contribution in [0, 0.1) is 18.3 Å². The maximum absolute atomic E-state index is 14.1. The summed E-state index contributed by atoms with van der Waals surface area (Å²) in [7, 11) is 0. The van der Waals surface area contributed by atoms with E-state index in [9.17, 15) is 22.8 Å². The van der Waals surface area contributed by atoms with Crippen molar-refractivity contribution in [3.05, 3.63) is 84.0 Å². The summed E-state index contributed by atoms with van der Waals surface area (Å²) in [6, 6.07) is 15.3. The number of likely N-dealkylation sites (tertiary alicyclic amines) is 2. The Morgan fingerprint density at radius 3 is 2.26 bits per heavy atom. The molecule has 2 N–H and O–H groups in total. The predicted octanol–water partition coefficient (Wildman–Crippen LogP) is 4.00. The van der Waals surface area contributed by atoms with Crippen LogP contribution < -0.4 is 10.5 Å². The summed E-state index contributed by atoms with van der Waals surface area (Å²) >= 11 is 0. The number of benzene rings is 2. The Morgan fingerprint density at radius 1 is 1.00 bits per heavy atom. The van der Waals surface area contributed by atoms with Crippen LogP contribution in [0.5, 0.6) is 5.75 Å². The molecule has 0 saturated carbocycles. The Morgan fingerprint density at radius 2 is 1.66 bits per heavy atom. The first kappa shape index (κ1) is 25.8. The van der Waals surface area contributed by atoms with Crippen molar-refractivity contribution in [1.29, 1.82) is 0 Å². The summed E-state index contributed by atoms with van der Waals surface area (Å²) < 4.78 is 47.8. The van der Waals surface area contributed by atoms with Crippen molar-refractivity contribution in [2.45, 2.75) is 12.6 Å². The molecule has 3 aromatic rings. The normalized spacial score (nSPS) is 19.5. The maximum Gasteiger partial charge on any atom is 0.434 e. The number of carbonyl (C=O) groups is 2. The topological polar surface area (TPSA) is 93.7 Å². The summed E-state index contributed by atoms with van der Waals surface area (Å²) in [6.45, 7) is 3.39. The van der Waals surface area contributed by atoms with Gasteiger partial charge in [0.2, 0.25) is 0 Å². The van der Waals surface area contributed by atoms with E-state index in [2.05, 4.69) is 28.6 Å². The lowest BCUT2D eigenvalue weighted by Crippen LogP contribution is -2.34. The molecule has 1 aromatic heterocycles. The summed E-state index contributed by atoms with van der Waals surface area (Å²) in [4.78, 5) is 28.0. The van der Waals surface area contributed by atoms with Crippen LogP contribution in [0.3, 0.4) is 0 Å². The number of nitrogens with zero attached hydrogens (tertiary/aromatic N) is 4. The number of rotatable bonds is 7. The first-order valence-electron chi connectivity index (χ1n) is 12.3. The van der Waals surface area contributed by atoms with Crippen LogP contribution in [-0.4, -0.2) is 64.3 Å². The van der Waals surface area contributed by atoms with Gasteiger partial charge in [0, 0.05) is 26.2 Å². The third-order valence-electron chi connectivity index (χ3n) is 7.04. The number of primary amides is 1. The fourth-order valence-electron chi connectivity index (χ4n) is 5.36. The van der Waals surface area contributed by atoms with Crippen molar-refractivity contribution in [2.24, 2.45) is 17.6 Å². The standard InChI is InChI=1S/C27H27F3N5O3/c28-27(29,30)24-23(13-32-35(24)21-8-10-22(11-9-21)38-26(31)37)25(36)34-16-19-14-33(15-20(19)17-34)12-4-7-18-5-2-1-3-6-18/h1-3,5-11,13,19-20H,4,12,14-17H2,(H2,31,37)/t19-,20?/m0/s1. The lowest BCUT2D eigenvalue weighted by molar-refractivity contribution is -0.143. The van der Waals surface area contributed by atoms with Gasteiger partial charge in [0.15, 0.2) is 5.69 Å². The van der Waals surface area contributed by atoms with E-state index in [1.54, 1.807) is 0 Å². The zero-order chi connectivity index (χ0) is 26.9. The van der Waals surface area contributed by atoms with Gasteiger partial charge in [-0.1, -0.05) is 30.3 Å². The number of hydrogen-bond acceptors (Lipinski definition) is 5. The van der Waals surface area contributed by atoms with E-state index in [1.165, 1.54) is 34.7 Å². The number of fused-ring (bicyclic) bond motifs is 1. The molecule has 2 atom stereocenters. The number of hydrogen-bond donors (Lipinski definition) is 1. The van der Waals surface area contributed by atoms with E-state index < -0.39 is 29.4 Å². The maximum atomic E-state index is 14.1. The molecule has 0 bridgehead atoms. The number of halogens is 3. The minimum atomic E-state index is -4.81. The molecule has 38 heavy (non-hydrogen) atoms. The smallest absolute Gasteiger partial charge is 0.411 e. The Balaban J connectivity index is 1.24. The van der Waals surface area contributed by atoms with Crippen molar-refractivity contribution in [2.75, 3.05) is 32.7 Å². The molecular formula is C27H27F3N5O3. The SMILES string of the molecule is NC(=O)Oc1ccc(-n2ncc(C(=O)N3CC4CN(CC[CH]c5ccccc5)C[C@H]4C3)c2C(F)(F)F)cc1. The Bertz CT molecular complexity index is 1280. The molecule has 1 unspecified atom stereocenters. The summed E-state index contributed by atoms with van der Waals surface area (Å²) in [6.07, 6.45) is -1.77. The summed E-state index contributed by atoms with van der Waals surface area (Å²) in [5.41, 5.74) is 4.59. The Hall–Kier alpha value is -3.86. The van der Waals surface area contributed by atoms with Crippen LogP contribution in [0.15, 0.2) is 60.8 Å². The molecular weight excluding hydrogens is 499 g/mol. The van der Waals surface area contributed by atoms with Crippen molar-refractivity contribution in [3.8, 4) is 11.4 Å². The van der Waals surface area contributed by atoms with Crippen LogP contribution in [0.25, 0.3) is 5.69 Å². The van der Waals surface area contributed by atoms with Crippen LogP contribution in [0.2, 0.25) is 0 Å².